The Morgan fingerprint density at radius 2 is 1.32 bits per heavy atom. The summed E-state index contributed by atoms with van der Waals surface area (Å²) in [5, 5.41) is 2.57. The van der Waals surface area contributed by atoms with Crippen molar-refractivity contribution >= 4 is 41.6 Å². The fraction of sp³-hybridized carbons (Fsp3) is 0.444. The minimum atomic E-state index is -1.51. The van der Waals surface area contributed by atoms with Crippen LogP contribution in [0.25, 0.3) is 10.8 Å². The molecule has 2 rings (SSSR count). The summed E-state index contributed by atoms with van der Waals surface area (Å²) in [5.41, 5.74) is 0. The van der Waals surface area contributed by atoms with Crippen LogP contribution in [-0.4, -0.2) is 30.8 Å². The average molecular weight is 390 g/mol. The zero-order valence-electron chi connectivity index (χ0n) is 14.9. The SMILES string of the molecule is C[Si](C)(C)[CH2][Ge]([CH2][Si](C)(C)C)[O]c1cccc2ccccc12. The van der Waals surface area contributed by atoms with Crippen LogP contribution in [0.15, 0.2) is 42.5 Å². The van der Waals surface area contributed by atoms with Gasteiger partial charge in [-0.15, -0.1) is 0 Å². The van der Waals surface area contributed by atoms with E-state index in [-0.39, 0.29) is 0 Å². The number of rotatable bonds is 6. The van der Waals surface area contributed by atoms with E-state index in [0.29, 0.717) is 0 Å². The van der Waals surface area contributed by atoms with Gasteiger partial charge in [0.05, 0.1) is 0 Å². The van der Waals surface area contributed by atoms with E-state index in [4.69, 9.17) is 3.76 Å². The second-order valence-electron chi connectivity index (χ2n) is 8.59. The van der Waals surface area contributed by atoms with Crippen molar-refractivity contribution in [1.29, 1.82) is 0 Å². The number of benzene rings is 2. The van der Waals surface area contributed by atoms with Crippen LogP contribution in [0.3, 0.4) is 0 Å². The van der Waals surface area contributed by atoms with Crippen LogP contribution in [0.2, 0.25) is 49.0 Å². The van der Waals surface area contributed by atoms with E-state index in [0.717, 1.165) is 5.75 Å². The second kappa shape index (κ2) is 6.93. The van der Waals surface area contributed by atoms with E-state index < -0.39 is 30.8 Å². The molecule has 119 valence electrons. The van der Waals surface area contributed by atoms with Crippen LogP contribution < -0.4 is 3.76 Å². The van der Waals surface area contributed by atoms with Gasteiger partial charge in [-0.2, -0.15) is 0 Å². The van der Waals surface area contributed by atoms with Crippen LogP contribution in [0.5, 0.6) is 5.75 Å². The molecule has 2 aromatic carbocycles. The topological polar surface area (TPSA) is 9.23 Å². The Bertz CT molecular complexity index is 608. The van der Waals surface area contributed by atoms with E-state index >= 15 is 0 Å². The molecule has 0 aliphatic rings. The molecule has 1 radical (unpaired) electrons. The van der Waals surface area contributed by atoms with Crippen molar-refractivity contribution < 1.29 is 3.76 Å². The van der Waals surface area contributed by atoms with Gasteiger partial charge < -0.3 is 0 Å². The van der Waals surface area contributed by atoms with Crippen LogP contribution in [0, 0.1) is 0 Å². The molecule has 0 saturated carbocycles. The molecule has 0 unspecified atom stereocenters. The summed E-state index contributed by atoms with van der Waals surface area (Å²) in [7, 11) is -2.14. The molecule has 0 aliphatic heterocycles. The first-order valence-corrected chi connectivity index (χ1v) is 19.4. The molecule has 2 aromatic rings. The molecule has 1 nitrogen and oxygen atoms in total. The summed E-state index contributed by atoms with van der Waals surface area (Å²) < 4.78 is 6.72. The predicted molar refractivity (Wildman–Crippen MR) is 107 cm³/mol. The summed E-state index contributed by atoms with van der Waals surface area (Å²) >= 11 is -1.51. The maximum absolute atomic E-state index is 6.72. The van der Waals surface area contributed by atoms with E-state index in [1.807, 2.05) is 0 Å². The molecule has 0 amide bonds. The quantitative estimate of drug-likeness (QED) is 0.553. The third-order valence-electron chi connectivity index (χ3n) is 3.46. The summed E-state index contributed by atoms with van der Waals surface area (Å²) in [5.74, 6) is 1.13. The molecular formula is C18H29GeOSi2. The van der Waals surface area contributed by atoms with Crippen molar-refractivity contribution in [3.63, 3.8) is 0 Å². The van der Waals surface area contributed by atoms with Gasteiger partial charge in [0.1, 0.15) is 0 Å². The predicted octanol–water partition coefficient (Wildman–Crippen LogP) is 5.96. The van der Waals surface area contributed by atoms with Gasteiger partial charge >= 0.3 is 143 Å². The molecular weight excluding hydrogens is 361 g/mol. The monoisotopic (exact) mass is 391 g/mol. The zero-order valence-corrected chi connectivity index (χ0v) is 19.0. The molecule has 0 heterocycles. The first-order valence-electron chi connectivity index (χ1n) is 8.14. The van der Waals surface area contributed by atoms with Crippen LogP contribution in [-0.2, 0) is 0 Å². The van der Waals surface area contributed by atoms with E-state index in [1.54, 1.807) is 0 Å². The molecule has 22 heavy (non-hydrogen) atoms. The molecule has 0 N–H and O–H groups in total. The van der Waals surface area contributed by atoms with Gasteiger partial charge in [-0.05, 0) is 0 Å². The molecule has 0 spiro atoms. The second-order valence-corrected chi connectivity index (χ2v) is 26.7. The van der Waals surface area contributed by atoms with Crippen LogP contribution in [0.4, 0.5) is 0 Å². The van der Waals surface area contributed by atoms with E-state index in [9.17, 15) is 0 Å². The van der Waals surface area contributed by atoms with E-state index in [2.05, 4.69) is 81.7 Å². The Kier molecular flexibility index (Phi) is 5.62. The third kappa shape index (κ3) is 5.59. The Labute approximate surface area is 142 Å². The summed E-state index contributed by atoms with van der Waals surface area (Å²) in [4.78, 5) is 2.81. The summed E-state index contributed by atoms with van der Waals surface area (Å²) in [6, 6.07) is 15.1. The molecule has 4 heteroatoms. The Morgan fingerprint density at radius 3 is 1.91 bits per heavy atom. The number of hydrogen-bond donors (Lipinski definition) is 0. The van der Waals surface area contributed by atoms with Crippen molar-refractivity contribution in [2.75, 3.05) is 0 Å². The van der Waals surface area contributed by atoms with Gasteiger partial charge in [-0.3, -0.25) is 0 Å². The Hall–Kier alpha value is -0.523. The molecule has 0 bridgehead atoms. The van der Waals surface area contributed by atoms with Crippen LogP contribution >= 0.6 is 0 Å². The molecule has 0 saturated heterocycles. The minimum absolute atomic E-state index is 1.07. The Morgan fingerprint density at radius 1 is 0.773 bits per heavy atom. The van der Waals surface area contributed by atoms with E-state index in [1.165, 1.54) is 20.5 Å². The molecule has 0 fully saturated rings. The molecule has 0 atom stereocenters. The van der Waals surface area contributed by atoms with Crippen molar-refractivity contribution in [2.45, 2.75) is 49.0 Å². The van der Waals surface area contributed by atoms with Gasteiger partial charge in [0.25, 0.3) is 0 Å². The first kappa shape index (κ1) is 17.8. The average Bonchev–Trinajstić information content (AvgIpc) is 2.35. The van der Waals surface area contributed by atoms with Crippen molar-refractivity contribution in [2.24, 2.45) is 0 Å². The van der Waals surface area contributed by atoms with Gasteiger partial charge in [0, 0.05) is 0 Å². The van der Waals surface area contributed by atoms with Gasteiger partial charge in [0.2, 0.25) is 0 Å². The fourth-order valence-electron chi connectivity index (χ4n) is 2.76. The first-order chi connectivity index (χ1) is 10.1. The summed E-state index contributed by atoms with van der Waals surface area (Å²) in [6.07, 6.45) is 0. The molecule has 0 aliphatic carbocycles. The van der Waals surface area contributed by atoms with Gasteiger partial charge in [-0.1, -0.05) is 0 Å². The number of fused-ring (bicyclic) bond motifs is 1. The Balaban J connectivity index is 2.28. The molecule has 0 aromatic heterocycles. The van der Waals surface area contributed by atoms with Crippen molar-refractivity contribution in [3.8, 4) is 5.75 Å². The summed E-state index contributed by atoms with van der Waals surface area (Å²) in [6.45, 7) is 14.9. The zero-order chi connectivity index (χ0) is 16.4. The van der Waals surface area contributed by atoms with Crippen molar-refractivity contribution in [1.82, 2.24) is 0 Å². The fourth-order valence-corrected chi connectivity index (χ4v) is 25.0. The standard InChI is InChI=1S/C18H29GeOSi2/c1-21(2,3)14-19(15-22(4,5)6)20-18-13-9-11-16-10-7-8-12-17(16)18/h7-13H,14-15H2,1-6H3. The van der Waals surface area contributed by atoms with Gasteiger partial charge in [-0.25, -0.2) is 0 Å². The van der Waals surface area contributed by atoms with Crippen LogP contribution in [0.1, 0.15) is 0 Å². The van der Waals surface area contributed by atoms with Gasteiger partial charge in [0.15, 0.2) is 0 Å². The number of hydrogen-bond acceptors (Lipinski definition) is 1. The van der Waals surface area contributed by atoms with Crippen molar-refractivity contribution in [3.05, 3.63) is 42.5 Å². The normalized spacial score (nSPS) is 12.9. The third-order valence-corrected chi connectivity index (χ3v) is 25.8. The maximum atomic E-state index is 6.72.